The number of halogens is 4. The third kappa shape index (κ3) is 12.4. The van der Waals surface area contributed by atoms with Gasteiger partial charge >= 0.3 is 23.0 Å². The van der Waals surface area contributed by atoms with Gasteiger partial charge in [-0.15, -0.1) is 12.4 Å². The first-order valence-corrected chi connectivity index (χ1v) is 26.5. The van der Waals surface area contributed by atoms with Gasteiger partial charge in [0.05, 0.1) is 38.3 Å². The van der Waals surface area contributed by atoms with E-state index in [9.17, 15) is 44.8 Å². The Bertz CT molecular complexity index is 3710. The maximum absolute atomic E-state index is 15.0. The van der Waals surface area contributed by atoms with Crippen molar-refractivity contribution >= 4 is 111 Å². The van der Waals surface area contributed by atoms with Gasteiger partial charge in [-0.1, -0.05) is 36.4 Å². The van der Waals surface area contributed by atoms with Gasteiger partial charge in [-0.3, -0.25) is 18.6 Å². The molecule has 392 valence electrons. The Morgan fingerprint density at radius 2 is 1.22 bits per heavy atom. The summed E-state index contributed by atoms with van der Waals surface area (Å²) in [6.07, 6.45) is 6.31. The molecule has 0 fully saturated rings. The van der Waals surface area contributed by atoms with E-state index in [1.165, 1.54) is 35.2 Å². The quantitative estimate of drug-likeness (QED) is 0.103. The van der Waals surface area contributed by atoms with Crippen molar-refractivity contribution in [2.75, 3.05) is 23.7 Å². The molecule has 0 aliphatic heterocycles. The maximum Gasteiger partial charge on any atom is 0.420 e. The van der Waals surface area contributed by atoms with Crippen LogP contribution < -0.4 is 32.0 Å². The molecule has 0 saturated heterocycles. The summed E-state index contributed by atoms with van der Waals surface area (Å²) in [5.74, 6) is -3.52. The summed E-state index contributed by atoms with van der Waals surface area (Å²) in [5.41, 5.74) is 11.6. The highest BCUT2D eigenvalue weighted by molar-refractivity contribution is 7.93. The van der Waals surface area contributed by atoms with Crippen LogP contribution in [-0.2, 0) is 68.3 Å². The lowest BCUT2D eigenvalue weighted by Crippen LogP contribution is -2.39. The van der Waals surface area contributed by atoms with E-state index >= 15 is 0 Å². The molecule has 10 rings (SSSR count). The number of benzene rings is 4. The van der Waals surface area contributed by atoms with E-state index in [1.807, 2.05) is 36.4 Å². The fraction of sp³-hybridized carbons (Fsp3) is 0.273. The number of nitrogens with zero attached hydrogens (tertiary/aromatic N) is 6. The normalized spacial score (nSPS) is 15.0. The highest BCUT2D eigenvalue weighted by atomic mass is 35.5. The molecule has 5 N–H and O–H groups in total. The molecule has 1 amide bonds. The van der Waals surface area contributed by atoms with Crippen LogP contribution in [0.25, 0.3) is 22.2 Å². The lowest BCUT2D eigenvalue weighted by Gasteiger charge is -2.27. The molecular formula is C44H42Cl2F2N10O12S4. The molecule has 2 aliphatic rings. The molecule has 8 aromatic rings. The number of sulfonamides is 2. The molecular weight excluding hydrogens is 1100 g/mol. The summed E-state index contributed by atoms with van der Waals surface area (Å²) in [7, 11) is -6.10. The lowest BCUT2D eigenvalue weighted by atomic mass is 9.85. The summed E-state index contributed by atoms with van der Waals surface area (Å²) in [6, 6.07) is 15.4. The smallest absolute Gasteiger partial charge is 0.420 e. The predicted octanol–water partition coefficient (Wildman–Crippen LogP) is 6.31. The number of methoxy groups -OCH3 is 2. The Morgan fingerprint density at radius 1 is 0.757 bits per heavy atom. The fourth-order valence-corrected chi connectivity index (χ4v) is 11.8. The van der Waals surface area contributed by atoms with E-state index in [2.05, 4.69) is 49.8 Å². The van der Waals surface area contributed by atoms with Crippen LogP contribution in [-0.4, -0.2) is 82.5 Å². The van der Waals surface area contributed by atoms with E-state index in [4.69, 9.17) is 19.3 Å². The zero-order chi connectivity index (χ0) is 52.2. The number of oxazole rings is 2. The SMILES string of the molecule is COC(=O)Cl.COC(=O)NC1CCc2cccc(Cn3c(=O)oc4cc(S(=O)(=O)Nc5ncns5)c(F)cc43)c2C1.Cl.NC1CCc2cccc(Cn3c(=O)oc4cc(S(=O)(=O)Nc5ncns5)c(F)cc43)c2C1. The van der Waals surface area contributed by atoms with Gasteiger partial charge in [0.25, 0.3) is 20.0 Å². The predicted molar refractivity (Wildman–Crippen MR) is 270 cm³/mol. The molecule has 4 aromatic heterocycles. The number of fused-ring (bicyclic) bond motifs is 4. The Kier molecular flexibility index (Phi) is 17.2. The second-order valence-electron chi connectivity index (χ2n) is 16.2. The van der Waals surface area contributed by atoms with Crippen LogP contribution in [0.2, 0.25) is 0 Å². The summed E-state index contributed by atoms with van der Waals surface area (Å²) < 4.78 is 114. The highest BCUT2D eigenvalue weighted by Gasteiger charge is 2.28. The van der Waals surface area contributed by atoms with Gasteiger partial charge in [-0.05, 0) is 71.9 Å². The number of aryl methyl sites for hydroxylation is 2. The van der Waals surface area contributed by atoms with E-state index in [-0.39, 0.29) is 70.0 Å². The van der Waals surface area contributed by atoms with E-state index in [1.54, 1.807) is 0 Å². The minimum Gasteiger partial charge on any atom is -0.457 e. The number of amides is 1. The molecule has 0 bridgehead atoms. The maximum atomic E-state index is 15.0. The molecule has 74 heavy (non-hydrogen) atoms. The number of nitrogens with two attached hydrogens (primary N) is 1. The number of ether oxygens (including phenoxy) is 2. The monoisotopic (exact) mass is 1140 g/mol. The molecule has 22 nitrogen and oxygen atoms in total. The van der Waals surface area contributed by atoms with E-state index < -0.39 is 64.5 Å². The van der Waals surface area contributed by atoms with Crippen LogP contribution >= 0.6 is 47.1 Å². The van der Waals surface area contributed by atoms with Gasteiger partial charge in [0.1, 0.15) is 34.1 Å². The van der Waals surface area contributed by atoms with Crippen molar-refractivity contribution < 1.29 is 53.5 Å². The minimum atomic E-state index is -4.33. The summed E-state index contributed by atoms with van der Waals surface area (Å²) in [4.78, 5) is 52.4. The lowest BCUT2D eigenvalue weighted by molar-refractivity contribution is 0.165. The van der Waals surface area contributed by atoms with Gasteiger partial charge in [0.15, 0.2) is 11.2 Å². The van der Waals surface area contributed by atoms with Crippen LogP contribution in [0.15, 0.2) is 102 Å². The van der Waals surface area contributed by atoms with Crippen LogP contribution in [0.4, 0.5) is 28.6 Å². The van der Waals surface area contributed by atoms with Crippen LogP contribution in [0.5, 0.6) is 0 Å². The van der Waals surface area contributed by atoms with Crippen molar-refractivity contribution in [3.63, 3.8) is 0 Å². The summed E-state index contributed by atoms with van der Waals surface area (Å²) >= 11 is 6.21. The summed E-state index contributed by atoms with van der Waals surface area (Å²) in [5, 5.41) is 2.78. The first-order valence-electron chi connectivity index (χ1n) is 21.6. The number of nitrogens with one attached hydrogen (secondary N) is 3. The zero-order valence-corrected chi connectivity index (χ0v) is 43.4. The van der Waals surface area contributed by atoms with E-state index in [0.717, 1.165) is 107 Å². The van der Waals surface area contributed by atoms with Crippen molar-refractivity contribution in [3.05, 3.63) is 139 Å². The van der Waals surface area contributed by atoms with Crippen molar-refractivity contribution in [3.8, 4) is 0 Å². The van der Waals surface area contributed by atoms with Crippen molar-refractivity contribution in [2.45, 2.75) is 73.5 Å². The Balaban J connectivity index is 0.000000197. The molecule has 4 aromatic carbocycles. The van der Waals surface area contributed by atoms with Gasteiger partial charge in [0, 0.05) is 71.0 Å². The number of aromatic nitrogens is 6. The molecule has 0 saturated carbocycles. The first-order chi connectivity index (χ1) is 34.8. The van der Waals surface area contributed by atoms with Gasteiger partial charge < -0.3 is 29.4 Å². The number of alkyl carbamates (subject to hydrolysis) is 1. The molecule has 30 heteroatoms. The standard InChI is InChI=1S/C22H20FN5O6S2.C20H18FN5O4S2.C2H3ClO2.ClH/c1-33-21(29)26-14-6-5-12-3-2-4-13(15(12)7-14)10-28-17-8-16(23)19(9-18(17)34-22(28)30)36(31,32)27-20-24-11-25-35-20;21-15-7-16-17(8-18(15)32(28,29)25-19-23-10-24-31-19)30-20(27)26(16)9-12-3-1-2-11-4-5-13(22)6-14(11)12;1-5-2(3)4;/h2-4,8-9,11,14H,5-7,10H2,1H3,(H,26,29)(H,24,25,27);1-3,7-8,10,13H,4-6,9,22H2,(H,23,24,25);1H3;1H. The van der Waals surface area contributed by atoms with Crippen molar-refractivity contribution in [2.24, 2.45) is 5.73 Å². The Morgan fingerprint density at radius 3 is 1.65 bits per heavy atom. The molecule has 4 heterocycles. The number of anilines is 2. The number of rotatable bonds is 11. The number of hydrogen-bond acceptors (Lipinski definition) is 19. The number of hydrogen-bond donors (Lipinski definition) is 4. The number of carbonyl (C=O) groups excluding carboxylic acids is 2. The Labute approximate surface area is 437 Å². The van der Waals surface area contributed by atoms with Crippen LogP contribution in [0, 0.1) is 11.6 Å². The van der Waals surface area contributed by atoms with Crippen LogP contribution in [0.3, 0.4) is 0 Å². The largest absolute Gasteiger partial charge is 0.457 e. The second-order valence-corrected chi connectivity index (χ2v) is 21.4. The second kappa shape index (κ2) is 23.2. The molecule has 0 radical (unpaired) electrons. The third-order valence-electron chi connectivity index (χ3n) is 11.7. The molecule has 0 spiro atoms. The topological polar surface area (TPSA) is 305 Å². The molecule has 2 unspecified atom stereocenters. The third-order valence-corrected chi connectivity index (χ3v) is 16.0. The summed E-state index contributed by atoms with van der Waals surface area (Å²) in [6.45, 7) is 0.241. The zero-order valence-electron chi connectivity index (χ0n) is 38.6. The van der Waals surface area contributed by atoms with E-state index in [0.29, 0.717) is 12.8 Å². The van der Waals surface area contributed by atoms with Gasteiger partial charge in [-0.2, -0.15) is 8.75 Å². The van der Waals surface area contributed by atoms with Crippen molar-refractivity contribution in [1.82, 2.24) is 33.2 Å². The molecule has 2 atom stereocenters. The van der Waals surface area contributed by atoms with Gasteiger partial charge in [-0.25, -0.2) is 54.8 Å². The fourth-order valence-electron chi connectivity index (χ4n) is 8.35. The van der Waals surface area contributed by atoms with Gasteiger partial charge in [0.2, 0.25) is 10.3 Å². The first kappa shape index (κ1) is 54.9. The van der Waals surface area contributed by atoms with Crippen molar-refractivity contribution in [1.29, 1.82) is 0 Å². The van der Waals surface area contributed by atoms with Crippen LogP contribution in [0.1, 0.15) is 46.2 Å². The Hall–Kier alpha value is -6.82. The average molecular weight is 1140 g/mol. The highest BCUT2D eigenvalue weighted by Crippen LogP contribution is 2.31. The minimum absolute atomic E-state index is 0. The number of carbonyl (C=O) groups is 2. The average Bonchev–Trinajstić information content (AvgIpc) is 4.18. The molecule has 2 aliphatic carbocycles.